The number of methoxy groups -OCH3 is 1. The van der Waals surface area contributed by atoms with Gasteiger partial charge in [-0.05, 0) is 29.6 Å². The number of hydrogen-bond acceptors (Lipinski definition) is 5. The summed E-state index contributed by atoms with van der Waals surface area (Å²) in [4.78, 5) is 28.1. The fraction of sp³-hybridized carbons (Fsp3) is 0.333. The Bertz CT molecular complexity index is 725. The maximum atomic E-state index is 12.3. The van der Waals surface area contributed by atoms with Gasteiger partial charge in [0, 0.05) is 36.7 Å². The topological polar surface area (TPSA) is 61.9 Å². The predicted octanol–water partition coefficient (Wildman–Crippen LogP) is 2.22. The second kappa shape index (κ2) is 8.02. The molecule has 3 rings (SSSR count). The van der Waals surface area contributed by atoms with E-state index in [2.05, 4.69) is 10.2 Å². The van der Waals surface area contributed by atoms with Gasteiger partial charge >= 0.3 is 0 Å². The van der Waals surface area contributed by atoms with E-state index in [1.807, 2.05) is 35.7 Å². The molecular weight excluding hydrogens is 338 g/mol. The fourth-order valence-corrected chi connectivity index (χ4v) is 3.55. The molecule has 2 aromatic rings. The van der Waals surface area contributed by atoms with Crippen LogP contribution in [0.3, 0.4) is 0 Å². The van der Waals surface area contributed by atoms with Gasteiger partial charge in [-0.3, -0.25) is 9.59 Å². The third-order valence-corrected chi connectivity index (χ3v) is 5.08. The average Bonchev–Trinajstić information content (AvgIpc) is 3.14. The van der Waals surface area contributed by atoms with Crippen molar-refractivity contribution in [3.8, 4) is 5.75 Å². The number of piperazine rings is 1. The number of benzene rings is 1. The molecule has 0 saturated carbocycles. The van der Waals surface area contributed by atoms with E-state index in [4.69, 9.17) is 4.74 Å². The summed E-state index contributed by atoms with van der Waals surface area (Å²) in [6, 6.07) is 9.66. The van der Waals surface area contributed by atoms with Crippen molar-refractivity contribution in [2.75, 3.05) is 43.5 Å². The Morgan fingerprint density at radius 1 is 1.28 bits per heavy atom. The molecule has 0 unspecified atom stereocenters. The number of carbonyl (C=O) groups excluding carboxylic acids is 2. The van der Waals surface area contributed by atoms with Crippen LogP contribution in [0.1, 0.15) is 4.88 Å². The Morgan fingerprint density at radius 3 is 2.72 bits per heavy atom. The molecule has 0 atom stereocenters. The lowest BCUT2D eigenvalue weighted by Crippen LogP contribution is -2.45. The van der Waals surface area contributed by atoms with Crippen LogP contribution in [0.5, 0.6) is 5.75 Å². The lowest BCUT2D eigenvalue weighted by Gasteiger charge is -2.34. The molecule has 7 heteroatoms. The Hall–Kier alpha value is -2.54. The molecule has 1 N–H and O–H groups in total. The van der Waals surface area contributed by atoms with Crippen LogP contribution in [-0.4, -0.2) is 50.5 Å². The number of hydrogen-bond donors (Lipinski definition) is 1. The minimum atomic E-state index is -0.0660. The van der Waals surface area contributed by atoms with Crippen LogP contribution in [0.25, 0.3) is 0 Å². The standard InChI is InChI=1S/C18H21N3O3S/c1-24-17-5-4-14(21-8-6-20(13-22)7-9-21)11-16(17)19-18(23)12-15-3-2-10-25-15/h2-5,10-11,13H,6-9,12H2,1H3,(H,19,23). The minimum absolute atomic E-state index is 0.0660. The predicted molar refractivity (Wildman–Crippen MR) is 99.5 cm³/mol. The summed E-state index contributed by atoms with van der Waals surface area (Å²) in [6.45, 7) is 2.95. The summed E-state index contributed by atoms with van der Waals surface area (Å²) < 4.78 is 5.37. The van der Waals surface area contributed by atoms with Crippen LogP contribution >= 0.6 is 11.3 Å². The molecule has 1 aliphatic heterocycles. The second-order valence-corrected chi connectivity index (χ2v) is 6.85. The van der Waals surface area contributed by atoms with Crippen LogP contribution in [0.4, 0.5) is 11.4 Å². The van der Waals surface area contributed by atoms with Crippen LogP contribution in [0, 0.1) is 0 Å². The normalized spacial score (nSPS) is 14.3. The zero-order chi connectivity index (χ0) is 17.6. The highest BCUT2D eigenvalue weighted by Gasteiger charge is 2.17. The molecule has 6 nitrogen and oxygen atoms in total. The number of nitrogens with zero attached hydrogens (tertiary/aromatic N) is 2. The Morgan fingerprint density at radius 2 is 2.08 bits per heavy atom. The quantitative estimate of drug-likeness (QED) is 0.804. The van der Waals surface area contributed by atoms with Crippen LogP contribution in [-0.2, 0) is 16.0 Å². The van der Waals surface area contributed by atoms with Crippen molar-refractivity contribution in [1.82, 2.24) is 4.90 Å². The van der Waals surface area contributed by atoms with Crippen LogP contribution in [0.15, 0.2) is 35.7 Å². The van der Waals surface area contributed by atoms with E-state index in [1.165, 1.54) is 0 Å². The van der Waals surface area contributed by atoms with Crippen molar-refractivity contribution < 1.29 is 14.3 Å². The first-order valence-corrected chi connectivity index (χ1v) is 9.02. The molecule has 1 fully saturated rings. The maximum Gasteiger partial charge on any atom is 0.229 e. The van der Waals surface area contributed by atoms with Gasteiger partial charge in [-0.15, -0.1) is 11.3 Å². The Labute approximate surface area is 151 Å². The molecule has 2 heterocycles. The first kappa shape index (κ1) is 17.3. The molecule has 0 bridgehead atoms. The van der Waals surface area contributed by atoms with E-state index in [0.29, 0.717) is 30.9 Å². The molecule has 0 radical (unpaired) electrons. The van der Waals surface area contributed by atoms with Crippen molar-refractivity contribution in [2.24, 2.45) is 0 Å². The number of rotatable bonds is 6. The molecule has 132 valence electrons. The Kier molecular flexibility index (Phi) is 5.55. The number of carbonyl (C=O) groups is 2. The molecule has 1 aliphatic rings. The van der Waals surface area contributed by atoms with E-state index in [0.717, 1.165) is 30.1 Å². The van der Waals surface area contributed by atoms with Gasteiger partial charge in [0.15, 0.2) is 0 Å². The smallest absolute Gasteiger partial charge is 0.229 e. The number of nitrogens with one attached hydrogen (secondary N) is 1. The number of anilines is 2. The van der Waals surface area contributed by atoms with E-state index in [-0.39, 0.29) is 5.91 Å². The third kappa shape index (κ3) is 4.30. The van der Waals surface area contributed by atoms with Crippen molar-refractivity contribution >= 4 is 35.0 Å². The zero-order valence-corrected chi connectivity index (χ0v) is 14.9. The third-order valence-electron chi connectivity index (χ3n) is 4.20. The van der Waals surface area contributed by atoms with Gasteiger partial charge < -0.3 is 19.9 Å². The summed E-state index contributed by atoms with van der Waals surface area (Å²) in [5, 5.41) is 4.91. The average molecular weight is 359 g/mol. The largest absolute Gasteiger partial charge is 0.495 e. The zero-order valence-electron chi connectivity index (χ0n) is 14.1. The highest BCUT2D eigenvalue weighted by Crippen LogP contribution is 2.30. The molecule has 2 amide bonds. The van der Waals surface area contributed by atoms with Gasteiger partial charge in [0.1, 0.15) is 5.75 Å². The van der Waals surface area contributed by atoms with Gasteiger partial charge in [0.25, 0.3) is 0 Å². The second-order valence-electron chi connectivity index (χ2n) is 5.82. The van der Waals surface area contributed by atoms with Gasteiger partial charge in [-0.25, -0.2) is 0 Å². The molecule has 25 heavy (non-hydrogen) atoms. The summed E-state index contributed by atoms with van der Waals surface area (Å²) in [7, 11) is 1.59. The van der Waals surface area contributed by atoms with Gasteiger partial charge in [-0.2, -0.15) is 0 Å². The van der Waals surface area contributed by atoms with Crippen LogP contribution in [0.2, 0.25) is 0 Å². The summed E-state index contributed by atoms with van der Waals surface area (Å²) in [5.41, 5.74) is 1.68. The molecule has 0 spiro atoms. The maximum absolute atomic E-state index is 12.3. The lowest BCUT2D eigenvalue weighted by molar-refractivity contribution is -0.118. The molecular formula is C18H21N3O3S. The van der Waals surface area contributed by atoms with E-state index in [1.54, 1.807) is 23.3 Å². The molecule has 0 aliphatic carbocycles. The van der Waals surface area contributed by atoms with Crippen LogP contribution < -0.4 is 15.0 Å². The minimum Gasteiger partial charge on any atom is -0.495 e. The van der Waals surface area contributed by atoms with E-state index >= 15 is 0 Å². The van der Waals surface area contributed by atoms with Gasteiger partial charge in [-0.1, -0.05) is 6.07 Å². The Balaban J connectivity index is 1.71. The highest BCUT2D eigenvalue weighted by molar-refractivity contribution is 7.10. The summed E-state index contributed by atoms with van der Waals surface area (Å²) in [6.07, 6.45) is 1.24. The first-order valence-electron chi connectivity index (χ1n) is 8.14. The van der Waals surface area contributed by atoms with Gasteiger partial charge in [0.2, 0.25) is 12.3 Å². The van der Waals surface area contributed by atoms with Crippen molar-refractivity contribution in [3.05, 3.63) is 40.6 Å². The lowest BCUT2D eigenvalue weighted by atomic mass is 10.2. The first-order chi connectivity index (χ1) is 12.2. The highest BCUT2D eigenvalue weighted by atomic mass is 32.1. The summed E-state index contributed by atoms with van der Waals surface area (Å²) >= 11 is 1.57. The monoisotopic (exact) mass is 359 g/mol. The SMILES string of the molecule is COc1ccc(N2CCN(C=O)CC2)cc1NC(=O)Cc1cccs1. The number of ether oxygens (including phenoxy) is 1. The number of amides is 2. The van der Waals surface area contributed by atoms with Crippen molar-refractivity contribution in [3.63, 3.8) is 0 Å². The summed E-state index contributed by atoms with van der Waals surface area (Å²) in [5.74, 6) is 0.568. The molecule has 1 aromatic heterocycles. The fourth-order valence-electron chi connectivity index (χ4n) is 2.84. The van der Waals surface area contributed by atoms with Crippen molar-refractivity contribution in [1.29, 1.82) is 0 Å². The van der Waals surface area contributed by atoms with Gasteiger partial charge in [0.05, 0.1) is 19.2 Å². The van der Waals surface area contributed by atoms with E-state index < -0.39 is 0 Å². The molecule has 1 saturated heterocycles. The number of thiophene rings is 1. The van der Waals surface area contributed by atoms with Crippen molar-refractivity contribution in [2.45, 2.75) is 6.42 Å². The van der Waals surface area contributed by atoms with E-state index in [9.17, 15) is 9.59 Å². The molecule has 1 aromatic carbocycles.